The molecular weight excluding hydrogens is 358 g/mol. The fourth-order valence-electron chi connectivity index (χ4n) is 3.77. The Bertz CT molecular complexity index is 484. The largest absolute Gasteiger partial charge is 0.494 e. The predicted octanol–water partition coefficient (Wildman–Crippen LogP) is 6.85. The molecule has 1 rings (SSSR count). The van der Waals surface area contributed by atoms with Gasteiger partial charge in [0.05, 0.1) is 14.7 Å². The number of benzene rings is 1. The lowest BCUT2D eigenvalue weighted by atomic mass is 10.1. The van der Waals surface area contributed by atoms with Crippen LogP contribution in [-0.4, -0.2) is 40.2 Å². The molecule has 0 aliphatic rings. The predicted molar refractivity (Wildman–Crippen MR) is 129 cm³/mol. The van der Waals surface area contributed by atoms with E-state index in [1.165, 1.54) is 70.3 Å². The molecule has 0 aliphatic carbocycles. The zero-order valence-corrected chi connectivity index (χ0v) is 20.6. The minimum absolute atomic E-state index is 0.803. The van der Waals surface area contributed by atoms with Crippen LogP contribution in [0.1, 0.15) is 77.6 Å². The van der Waals surface area contributed by atoms with Crippen LogP contribution in [0.3, 0.4) is 0 Å². The lowest BCUT2D eigenvalue weighted by molar-refractivity contribution is 0.281. The van der Waals surface area contributed by atoms with Crippen LogP contribution in [0, 0.1) is 0 Å². The van der Waals surface area contributed by atoms with Gasteiger partial charge in [0.2, 0.25) is 0 Å². The van der Waals surface area contributed by atoms with Crippen molar-refractivity contribution in [1.29, 1.82) is 0 Å². The van der Waals surface area contributed by atoms with E-state index in [4.69, 9.17) is 4.74 Å². The standard InChI is InChI=1S/C25H47NOSi/c1-6-7-8-9-10-11-12-13-14-15-23-28(4,5)25-19-17-24(18-20-25)27-22-16-21-26(2)3/h17-20H,6-16,21-23H2,1-5H3. The second kappa shape index (κ2) is 15.1. The summed E-state index contributed by atoms with van der Waals surface area (Å²) in [6, 6.07) is 10.4. The maximum absolute atomic E-state index is 5.88. The first kappa shape index (κ1) is 25.2. The van der Waals surface area contributed by atoms with Gasteiger partial charge in [-0.2, -0.15) is 0 Å². The van der Waals surface area contributed by atoms with Gasteiger partial charge in [0.1, 0.15) is 5.75 Å². The van der Waals surface area contributed by atoms with E-state index in [9.17, 15) is 0 Å². The molecule has 0 aromatic heterocycles. The highest BCUT2D eigenvalue weighted by Gasteiger charge is 2.22. The smallest absolute Gasteiger partial charge is 0.119 e. The van der Waals surface area contributed by atoms with Gasteiger partial charge in [-0.3, -0.25) is 0 Å². The lowest BCUT2D eigenvalue weighted by Crippen LogP contribution is -2.40. The Kier molecular flexibility index (Phi) is 13.6. The maximum atomic E-state index is 5.88. The molecule has 0 saturated carbocycles. The molecule has 0 heterocycles. The van der Waals surface area contributed by atoms with Gasteiger partial charge >= 0.3 is 0 Å². The monoisotopic (exact) mass is 405 g/mol. The summed E-state index contributed by atoms with van der Waals surface area (Å²) in [5.74, 6) is 1.02. The average Bonchev–Trinajstić information content (AvgIpc) is 2.67. The quantitative estimate of drug-likeness (QED) is 0.207. The molecule has 0 radical (unpaired) electrons. The number of rotatable bonds is 17. The summed E-state index contributed by atoms with van der Waals surface area (Å²) in [5, 5.41) is 1.57. The Morgan fingerprint density at radius 3 is 1.82 bits per heavy atom. The second-order valence-electron chi connectivity index (χ2n) is 9.35. The normalized spacial score (nSPS) is 11.9. The summed E-state index contributed by atoms with van der Waals surface area (Å²) in [6.45, 7) is 9.22. The summed E-state index contributed by atoms with van der Waals surface area (Å²) in [6.07, 6.45) is 15.3. The van der Waals surface area contributed by atoms with Crippen LogP contribution in [-0.2, 0) is 0 Å². The summed E-state index contributed by atoms with van der Waals surface area (Å²) in [4.78, 5) is 2.20. The summed E-state index contributed by atoms with van der Waals surface area (Å²) < 4.78 is 5.88. The summed E-state index contributed by atoms with van der Waals surface area (Å²) in [7, 11) is 2.91. The van der Waals surface area contributed by atoms with Crippen molar-refractivity contribution in [3.63, 3.8) is 0 Å². The Hall–Kier alpha value is -0.803. The maximum Gasteiger partial charge on any atom is 0.119 e. The Labute approximate surface area is 177 Å². The molecule has 0 saturated heterocycles. The highest BCUT2D eigenvalue weighted by Crippen LogP contribution is 2.18. The van der Waals surface area contributed by atoms with Gasteiger partial charge in [-0.15, -0.1) is 0 Å². The highest BCUT2D eigenvalue weighted by atomic mass is 28.3. The van der Waals surface area contributed by atoms with Crippen LogP contribution >= 0.6 is 0 Å². The third-order valence-corrected chi connectivity index (χ3v) is 9.31. The van der Waals surface area contributed by atoms with Crippen LogP contribution in [0.5, 0.6) is 5.75 Å². The molecule has 0 aliphatic heterocycles. The number of unbranched alkanes of at least 4 members (excludes halogenated alkanes) is 9. The summed E-state index contributed by atoms with van der Waals surface area (Å²) in [5.41, 5.74) is 0. The molecule has 0 amide bonds. The Morgan fingerprint density at radius 2 is 1.29 bits per heavy atom. The highest BCUT2D eigenvalue weighted by molar-refractivity contribution is 6.89. The molecule has 162 valence electrons. The number of nitrogens with zero attached hydrogens (tertiary/aromatic N) is 1. The van der Waals surface area contributed by atoms with E-state index in [1.54, 1.807) is 5.19 Å². The molecule has 28 heavy (non-hydrogen) atoms. The van der Waals surface area contributed by atoms with E-state index in [1.807, 2.05) is 0 Å². The van der Waals surface area contributed by atoms with E-state index in [-0.39, 0.29) is 0 Å². The first-order valence-corrected chi connectivity index (χ1v) is 15.0. The number of ether oxygens (including phenoxy) is 1. The summed E-state index contributed by atoms with van der Waals surface area (Å²) >= 11 is 0. The zero-order chi connectivity index (χ0) is 20.7. The van der Waals surface area contributed by atoms with Crippen molar-refractivity contribution in [2.45, 2.75) is 96.7 Å². The number of hydrogen-bond acceptors (Lipinski definition) is 2. The Morgan fingerprint density at radius 1 is 0.750 bits per heavy atom. The molecule has 0 N–H and O–H groups in total. The van der Waals surface area contributed by atoms with Crippen LogP contribution < -0.4 is 9.92 Å². The van der Waals surface area contributed by atoms with Crippen LogP contribution in [0.15, 0.2) is 24.3 Å². The third kappa shape index (κ3) is 11.9. The van der Waals surface area contributed by atoms with Gasteiger partial charge in [0.15, 0.2) is 0 Å². The topological polar surface area (TPSA) is 12.5 Å². The van der Waals surface area contributed by atoms with E-state index in [0.29, 0.717) is 0 Å². The van der Waals surface area contributed by atoms with E-state index in [2.05, 4.69) is 63.3 Å². The van der Waals surface area contributed by atoms with Crippen molar-refractivity contribution in [2.24, 2.45) is 0 Å². The van der Waals surface area contributed by atoms with Gasteiger partial charge < -0.3 is 9.64 Å². The van der Waals surface area contributed by atoms with Crippen molar-refractivity contribution in [2.75, 3.05) is 27.2 Å². The van der Waals surface area contributed by atoms with Crippen molar-refractivity contribution >= 4 is 13.3 Å². The van der Waals surface area contributed by atoms with Crippen molar-refractivity contribution < 1.29 is 4.74 Å². The minimum Gasteiger partial charge on any atom is -0.494 e. The molecule has 0 spiro atoms. The van der Waals surface area contributed by atoms with E-state index < -0.39 is 8.07 Å². The van der Waals surface area contributed by atoms with Crippen molar-refractivity contribution in [3.05, 3.63) is 24.3 Å². The van der Waals surface area contributed by atoms with Gasteiger partial charge in [0.25, 0.3) is 0 Å². The molecule has 1 aromatic rings. The van der Waals surface area contributed by atoms with Gasteiger partial charge in [-0.05, 0) is 32.6 Å². The van der Waals surface area contributed by atoms with Gasteiger partial charge in [0, 0.05) is 6.54 Å². The first-order chi connectivity index (χ1) is 13.5. The molecule has 3 heteroatoms. The molecule has 0 fully saturated rings. The Balaban J connectivity index is 2.18. The van der Waals surface area contributed by atoms with Gasteiger partial charge in [-0.1, -0.05) is 108 Å². The van der Waals surface area contributed by atoms with E-state index >= 15 is 0 Å². The molecular formula is C25H47NOSi. The fourth-order valence-corrected chi connectivity index (χ4v) is 6.26. The van der Waals surface area contributed by atoms with Gasteiger partial charge in [-0.25, -0.2) is 0 Å². The molecule has 0 unspecified atom stereocenters. The average molecular weight is 406 g/mol. The molecule has 0 atom stereocenters. The molecule has 2 nitrogen and oxygen atoms in total. The first-order valence-electron chi connectivity index (χ1n) is 11.8. The molecule has 0 bridgehead atoms. The van der Waals surface area contributed by atoms with Crippen LogP contribution in [0.4, 0.5) is 0 Å². The zero-order valence-electron chi connectivity index (χ0n) is 19.6. The second-order valence-corrected chi connectivity index (χ2v) is 14.2. The number of hydrogen-bond donors (Lipinski definition) is 0. The van der Waals surface area contributed by atoms with Crippen molar-refractivity contribution in [1.82, 2.24) is 4.90 Å². The molecule has 1 aromatic carbocycles. The van der Waals surface area contributed by atoms with Crippen LogP contribution in [0.25, 0.3) is 0 Å². The van der Waals surface area contributed by atoms with E-state index in [0.717, 1.165) is 25.3 Å². The fraction of sp³-hybridized carbons (Fsp3) is 0.760. The minimum atomic E-state index is -1.31. The SMILES string of the molecule is CCCCCCCCCCCC[Si](C)(C)c1ccc(OCCCN(C)C)cc1. The van der Waals surface area contributed by atoms with Crippen LogP contribution in [0.2, 0.25) is 19.1 Å². The lowest BCUT2D eigenvalue weighted by Gasteiger charge is -2.23. The van der Waals surface area contributed by atoms with Crippen molar-refractivity contribution in [3.8, 4) is 5.75 Å². The third-order valence-electron chi connectivity index (χ3n) is 5.81.